The van der Waals surface area contributed by atoms with Crippen LogP contribution in [0.5, 0.6) is 0 Å². The molecule has 0 aliphatic carbocycles. The zero-order valence-corrected chi connectivity index (χ0v) is 16.6. The molecule has 0 fully saturated rings. The van der Waals surface area contributed by atoms with Crippen molar-refractivity contribution >= 4 is 28.6 Å². The minimum Gasteiger partial charge on any atom is -0.365 e. The molecule has 0 spiro atoms. The van der Waals surface area contributed by atoms with Crippen LogP contribution in [0, 0.1) is 0 Å². The van der Waals surface area contributed by atoms with Crippen molar-refractivity contribution in [1.29, 1.82) is 0 Å². The highest BCUT2D eigenvalue weighted by Crippen LogP contribution is 2.30. The number of benzene rings is 1. The first-order valence-electron chi connectivity index (χ1n) is 9.41. The van der Waals surface area contributed by atoms with Crippen molar-refractivity contribution in [3.63, 3.8) is 0 Å². The molecule has 1 amide bonds. The minimum atomic E-state index is -0.0362. The molecule has 144 valence electrons. The second kappa shape index (κ2) is 7.07. The number of aromatic nitrogens is 3. The van der Waals surface area contributed by atoms with E-state index in [0.29, 0.717) is 30.5 Å². The fourth-order valence-electron chi connectivity index (χ4n) is 3.34. The van der Waals surface area contributed by atoms with Crippen molar-refractivity contribution in [2.75, 3.05) is 24.3 Å². The van der Waals surface area contributed by atoms with Crippen molar-refractivity contribution < 1.29 is 4.79 Å². The molecule has 7 heteroatoms. The summed E-state index contributed by atoms with van der Waals surface area (Å²) < 4.78 is 0. The number of carbonyl (C=O) groups excluding carboxylic acids is 1. The highest BCUT2D eigenvalue weighted by Gasteiger charge is 2.34. The predicted molar refractivity (Wildman–Crippen MR) is 110 cm³/mol. The number of nitrogens with zero attached hydrogens (tertiary/aromatic N) is 5. The molecule has 4 rings (SSSR count). The van der Waals surface area contributed by atoms with E-state index in [1.165, 1.54) is 0 Å². The molecule has 0 radical (unpaired) electrons. The van der Waals surface area contributed by atoms with Crippen molar-refractivity contribution in [2.24, 2.45) is 0 Å². The number of hydrogen-bond donors (Lipinski definition) is 1. The number of anilines is 2. The van der Waals surface area contributed by atoms with Gasteiger partial charge < -0.3 is 15.1 Å². The molecule has 3 aromatic rings. The van der Waals surface area contributed by atoms with Crippen LogP contribution in [0.3, 0.4) is 0 Å². The highest BCUT2D eigenvalue weighted by atomic mass is 16.2. The molecule has 0 saturated heterocycles. The summed E-state index contributed by atoms with van der Waals surface area (Å²) in [5, 5.41) is 4.51. The van der Waals surface area contributed by atoms with Crippen molar-refractivity contribution in [1.82, 2.24) is 19.9 Å². The molecule has 0 unspecified atom stereocenters. The number of para-hydroxylation sites is 1. The second-order valence-electron chi connectivity index (χ2n) is 7.51. The minimum absolute atomic E-state index is 0.0362. The first-order chi connectivity index (χ1) is 13.4. The van der Waals surface area contributed by atoms with Crippen LogP contribution in [0.25, 0.3) is 10.9 Å². The number of fused-ring (bicyclic) bond motifs is 2. The van der Waals surface area contributed by atoms with E-state index in [9.17, 15) is 4.79 Å². The Hall–Kier alpha value is -3.22. The van der Waals surface area contributed by atoms with E-state index in [4.69, 9.17) is 0 Å². The van der Waals surface area contributed by atoms with E-state index >= 15 is 0 Å². The third kappa shape index (κ3) is 3.24. The first-order valence-corrected chi connectivity index (χ1v) is 9.41. The van der Waals surface area contributed by atoms with E-state index < -0.39 is 0 Å². The molecule has 0 saturated carbocycles. The van der Waals surface area contributed by atoms with Crippen molar-refractivity contribution in [3.05, 3.63) is 53.3 Å². The van der Waals surface area contributed by atoms with Gasteiger partial charge in [-0.25, -0.2) is 4.98 Å². The van der Waals surface area contributed by atoms with Gasteiger partial charge in [0.05, 0.1) is 12.1 Å². The lowest BCUT2D eigenvalue weighted by Crippen LogP contribution is -2.31. The molecule has 0 bridgehead atoms. The molecule has 3 heterocycles. The third-order valence-electron chi connectivity index (χ3n) is 4.92. The Bertz CT molecular complexity index is 1050. The second-order valence-corrected chi connectivity index (χ2v) is 7.51. The van der Waals surface area contributed by atoms with Gasteiger partial charge in [-0.05, 0) is 31.5 Å². The topological polar surface area (TPSA) is 74.2 Å². The normalized spacial score (nSPS) is 13.3. The van der Waals surface area contributed by atoms with Crippen molar-refractivity contribution in [2.45, 2.75) is 33.0 Å². The molecule has 0 atom stereocenters. The van der Waals surface area contributed by atoms with Gasteiger partial charge in [-0.2, -0.15) is 4.98 Å². The summed E-state index contributed by atoms with van der Waals surface area (Å²) in [5.41, 5.74) is 3.38. The lowest BCUT2D eigenvalue weighted by atomic mass is 10.1. The Balaban J connectivity index is 1.65. The van der Waals surface area contributed by atoms with Crippen LogP contribution in [0.4, 0.5) is 11.8 Å². The number of amides is 1. The van der Waals surface area contributed by atoms with Gasteiger partial charge in [0.1, 0.15) is 11.5 Å². The number of carbonyl (C=O) groups is 1. The Morgan fingerprint density at radius 2 is 2.00 bits per heavy atom. The zero-order valence-electron chi connectivity index (χ0n) is 16.6. The number of hydrogen-bond acceptors (Lipinski definition) is 6. The fourth-order valence-corrected chi connectivity index (χ4v) is 3.34. The lowest BCUT2D eigenvalue weighted by Gasteiger charge is -2.19. The van der Waals surface area contributed by atoms with Crippen LogP contribution in [0.1, 0.15) is 35.5 Å². The molecular formula is C21H24N6O. The van der Waals surface area contributed by atoms with Gasteiger partial charge >= 0.3 is 0 Å². The maximum absolute atomic E-state index is 12.8. The van der Waals surface area contributed by atoms with Gasteiger partial charge in [0, 0.05) is 43.8 Å². The Kier molecular flexibility index (Phi) is 4.58. The molecule has 1 aromatic carbocycles. The van der Waals surface area contributed by atoms with Gasteiger partial charge in [-0.1, -0.05) is 18.2 Å². The highest BCUT2D eigenvalue weighted by molar-refractivity contribution is 5.98. The quantitative estimate of drug-likeness (QED) is 0.738. The molecule has 1 aliphatic heterocycles. The summed E-state index contributed by atoms with van der Waals surface area (Å²) in [5.74, 6) is 1.20. The van der Waals surface area contributed by atoms with Crippen LogP contribution in [0.15, 0.2) is 36.5 Å². The smallest absolute Gasteiger partial charge is 0.273 e. The monoisotopic (exact) mass is 376 g/mol. The summed E-state index contributed by atoms with van der Waals surface area (Å²) in [4.78, 5) is 30.1. The average molecular weight is 376 g/mol. The van der Waals surface area contributed by atoms with Gasteiger partial charge in [0.2, 0.25) is 5.95 Å². The van der Waals surface area contributed by atoms with Gasteiger partial charge in [-0.15, -0.1) is 0 Å². The SMILES string of the molecule is CC(C)N1Cc2c(NCc3cnc4ccccc4c3)nc(N(C)C)nc2C1=O. The van der Waals surface area contributed by atoms with E-state index in [0.717, 1.165) is 22.0 Å². The number of pyridine rings is 1. The van der Waals surface area contributed by atoms with Crippen LogP contribution in [-0.4, -0.2) is 45.9 Å². The number of nitrogens with one attached hydrogen (secondary N) is 1. The van der Waals surface area contributed by atoms with Crippen LogP contribution in [0.2, 0.25) is 0 Å². The van der Waals surface area contributed by atoms with Gasteiger partial charge in [-0.3, -0.25) is 9.78 Å². The zero-order chi connectivity index (χ0) is 19.8. The van der Waals surface area contributed by atoms with Gasteiger partial charge in [0.25, 0.3) is 5.91 Å². The Morgan fingerprint density at radius 1 is 1.21 bits per heavy atom. The van der Waals surface area contributed by atoms with E-state index in [2.05, 4.69) is 32.4 Å². The van der Waals surface area contributed by atoms with Crippen LogP contribution < -0.4 is 10.2 Å². The maximum Gasteiger partial charge on any atom is 0.273 e. The van der Waals surface area contributed by atoms with E-state index in [-0.39, 0.29) is 11.9 Å². The first kappa shape index (κ1) is 18.2. The van der Waals surface area contributed by atoms with Crippen LogP contribution in [-0.2, 0) is 13.1 Å². The average Bonchev–Trinajstić information content (AvgIpc) is 3.03. The Morgan fingerprint density at radius 3 is 2.75 bits per heavy atom. The summed E-state index contributed by atoms with van der Waals surface area (Å²) in [7, 11) is 3.75. The molecule has 7 nitrogen and oxygen atoms in total. The summed E-state index contributed by atoms with van der Waals surface area (Å²) in [6, 6.07) is 10.3. The largest absolute Gasteiger partial charge is 0.365 e. The van der Waals surface area contributed by atoms with E-state index in [1.54, 1.807) is 0 Å². The predicted octanol–water partition coefficient (Wildman–Crippen LogP) is 3.07. The van der Waals surface area contributed by atoms with Crippen LogP contribution >= 0.6 is 0 Å². The third-order valence-corrected chi connectivity index (χ3v) is 4.92. The fraction of sp³-hybridized carbons (Fsp3) is 0.333. The lowest BCUT2D eigenvalue weighted by molar-refractivity contribution is 0.0726. The Labute approximate surface area is 164 Å². The number of rotatable bonds is 5. The molecule has 2 aromatic heterocycles. The molecule has 1 N–H and O–H groups in total. The summed E-state index contributed by atoms with van der Waals surface area (Å²) in [6.45, 7) is 5.12. The van der Waals surface area contributed by atoms with Crippen molar-refractivity contribution in [3.8, 4) is 0 Å². The maximum atomic E-state index is 12.8. The van der Waals surface area contributed by atoms with E-state index in [1.807, 2.05) is 62.1 Å². The standard InChI is InChI=1S/C21H24N6O/c1-13(2)27-12-16-18(20(27)28)24-21(26(3)4)25-19(16)23-11-14-9-15-7-5-6-8-17(15)22-10-14/h5-10,13H,11-12H2,1-4H3,(H,23,24,25). The summed E-state index contributed by atoms with van der Waals surface area (Å²) >= 11 is 0. The molecular weight excluding hydrogens is 352 g/mol. The van der Waals surface area contributed by atoms with Gasteiger partial charge in [0.15, 0.2) is 0 Å². The molecule has 28 heavy (non-hydrogen) atoms. The summed E-state index contributed by atoms with van der Waals surface area (Å²) in [6.07, 6.45) is 1.87. The molecule has 1 aliphatic rings.